The van der Waals surface area contributed by atoms with Crippen molar-refractivity contribution in [1.29, 1.82) is 0 Å². The first-order chi connectivity index (χ1) is 13.2. The normalized spacial score (nSPS) is 10.7. The summed E-state index contributed by atoms with van der Waals surface area (Å²) in [4.78, 5) is 20.6. The summed E-state index contributed by atoms with van der Waals surface area (Å²) in [6.45, 7) is 2.36. The van der Waals surface area contributed by atoms with E-state index >= 15 is 0 Å². The van der Waals surface area contributed by atoms with E-state index in [0.29, 0.717) is 18.1 Å². The number of carbonyl (C=O) groups is 1. The van der Waals surface area contributed by atoms with Crippen molar-refractivity contribution in [2.24, 2.45) is 0 Å². The molecule has 134 valence electrons. The van der Waals surface area contributed by atoms with Gasteiger partial charge in [0.1, 0.15) is 12.4 Å². The fraction of sp³-hybridized carbons (Fsp3) is 0.100. The average Bonchev–Trinajstić information content (AvgIpc) is 3.14. The largest absolute Gasteiger partial charge is 0.489 e. The zero-order valence-corrected chi connectivity index (χ0v) is 14.7. The van der Waals surface area contributed by atoms with Gasteiger partial charge in [-0.3, -0.25) is 4.79 Å². The summed E-state index contributed by atoms with van der Waals surface area (Å²) in [5.41, 5.74) is 2.58. The lowest BCUT2D eigenvalue weighted by atomic mass is 10.2. The van der Waals surface area contributed by atoms with Crippen molar-refractivity contribution in [1.82, 2.24) is 19.6 Å². The molecule has 2 aromatic carbocycles. The van der Waals surface area contributed by atoms with Crippen LogP contribution < -0.4 is 10.1 Å². The number of rotatable bonds is 5. The van der Waals surface area contributed by atoms with Crippen molar-refractivity contribution >= 4 is 17.4 Å². The Bertz CT molecular complexity index is 1070. The molecule has 2 aromatic heterocycles. The number of aromatic nitrogens is 4. The number of nitrogens with one attached hydrogen (secondary N) is 1. The molecule has 0 fully saturated rings. The molecular formula is C20H17N5O2. The smallest absolute Gasteiger partial charge is 0.295 e. The molecule has 7 nitrogen and oxygen atoms in total. The van der Waals surface area contributed by atoms with Gasteiger partial charge in [0.15, 0.2) is 0 Å². The number of nitrogens with zero attached hydrogens (tertiary/aromatic N) is 4. The highest BCUT2D eigenvalue weighted by atomic mass is 16.5. The number of aryl methyl sites for hydroxylation is 1. The summed E-state index contributed by atoms with van der Waals surface area (Å²) in [6, 6.07) is 18.9. The Hall–Kier alpha value is -3.74. The lowest BCUT2D eigenvalue weighted by Crippen LogP contribution is -2.14. The topological polar surface area (TPSA) is 81.4 Å². The molecule has 0 aliphatic carbocycles. The van der Waals surface area contributed by atoms with E-state index in [9.17, 15) is 4.79 Å². The Labute approximate surface area is 155 Å². The van der Waals surface area contributed by atoms with Crippen LogP contribution in [0.3, 0.4) is 0 Å². The van der Waals surface area contributed by atoms with Gasteiger partial charge in [-0.15, -0.1) is 5.10 Å². The molecule has 0 saturated carbocycles. The Kier molecular flexibility index (Phi) is 4.49. The summed E-state index contributed by atoms with van der Waals surface area (Å²) in [5.74, 6) is 0.798. The number of benzene rings is 2. The van der Waals surface area contributed by atoms with Crippen LogP contribution in [-0.4, -0.2) is 25.5 Å². The molecule has 0 radical (unpaired) electrons. The Morgan fingerprint density at radius 1 is 1.07 bits per heavy atom. The molecule has 1 amide bonds. The zero-order chi connectivity index (χ0) is 18.6. The van der Waals surface area contributed by atoms with Crippen LogP contribution >= 0.6 is 0 Å². The highest BCUT2D eigenvalue weighted by molar-refractivity contribution is 6.01. The highest BCUT2D eigenvalue weighted by Crippen LogP contribution is 2.17. The van der Waals surface area contributed by atoms with Crippen molar-refractivity contribution in [3.63, 3.8) is 0 Å². The van der Waals surface area contributed by atoms with E-state index in [0.717, 1.165) is 17.0 Å². The Morgan fingerprint density at radius 3 is 2.59 bits per heavy atom. The molecule has 0 aliphatic heterocycles. The third-order valence-electron chi connectivity index (χ3n) is 3.99. The maximum Gasteiger partial charge on any atom is 0.295 e. The maximum absolute atomic E-state index is 12.4. The van der Waals surface area contributed by atoms with E-state index in [1.165, 1.54) is 4.52 Å². The second-order valence-corrected chi connectivity index (χ2v) is 5.99. The molecule has 0 unspecified atom stereocenters. The minimum Gasteiger partial charge on any atom is -0.489 e. The van der Waals surface area contributed by atoms with Gasteiger partial charge in [-0.1, -0.05) is 30.3 Å². The maximum atomic E-state index is 12.4. The van der Waals surface area contributed by atoms with Crippen LogP contribution in [0.5, 0.6) is 5.75 Å². The second kappa shape index (κ2) is 7.25. The van der Waals surface area contributed by atoms with E-state index in [1.54, 1.807) is 36.5 Å². The van der Waals surface area contributed by atoms with E-state index in [-0.39, 0.29) is 5.82 Å². The van der Waals surface area contributed by atoms with Gasteiger partial charge in [-0.2, -0.15) is 4.98 Å². The van der Waals surface area contributed by atoms with E-state index in [1.807, 2.05) is 37.3 Å². The van der Waals surface area contributed by atoms with Gasteiger partial charge in [0.2, 0.25) is 5.82 Å². The fourth-order valence-corrected chi connectivity index (χ4v) is 2.57. The van der Waals surface area contributed by atoms with Gasteiger partial charge in [-0.05, 0) is 42.8 Å². The fourth-order valence-electron chi connectivity index (χ4n) is 2.57. The number of fused-ring (bicyclic) bond motifs is 1. The first-order valence-corrected chi connectivity index (χ1v) is 8.45. The molecule has 2 heterocycles. The van der Waals surface area contributed by atoms with Gasteiger partial charge in [-0.25, -0.2) is 9.50 Å². The SMILES string of the molecule is Cc1ccnc2nc(C(=O)Nc3ccc(OCc4ccccc4)cc3)nn12. The molecule has 1 N–H and O–H groups in total. The van der Waals surface area contributed by atoms with Crippen LogP contribution in [0, 0.1) is 6.92 Å². The highest BCUT2D eigenvalue weighted by Gasteiger charge is 2.14. The van der Waals surface area contributed by atoms with Gasteiger partial charge >= 0.3 is 0 Å². The van der Waals surface area contributed by atoms with Crippen LogP contribution in [-0.2, 0) is 6.61 Å². The van der Waals surface area contributed by atoms with Crippen LogP contribution in [0.2, 0.25) is 0 Å². The summed E-state index contributed by atoms with van der Waals surface area (Å²) >= 11 is 0. The molecule has 0 aliphatic rings. The van der Waals surface area contributed by atoms with Gasteiger partial charge in [0.25, 0.3) is 11.7 Å². The molecule has 0 bridgehead atoms. The van der Waals surface area contributed by atoms with Crippen LogP contribution in [0.1, 0.15) is 21.9 Å². The summed E-state index contributed by atoms with van der Waals surface area (Å²) in [7, 11) is 0. The van der Waals surface area contributed by atoms with Crippen molar-refractivity contribution in [2.45, 2.75) is 13.5 Å². The number of ether oxygens (including phenoxy) is 1. The number of anilines is 1. The molecule has 27 heavy (non-hydrogen) atoms. The van der Waals surface area contributed by atoms with Crippen molar-refractivity contribution in [3.8, 4) is 5.75 Å². The van der Waals surface area contributed by atoms with Crippen LogP contribution in [0.15, 0.2) is 66.9 Å². The Balaban J connectivity index is 1.41. The third-order valence-corrected chi connectivity index (χ3v) is 3.99. The molecule has 0 atom stereocenters. The average molecular weight is 359 g/mol. The van der Waals surface area contributed by atoms with Crippen LogP contribution in [0.4, 0.5) is 5.69 Å². The lowest BCUT2D eigenvalue weighted by Gasteiger charge is -2.07. The molecule has 4 aromatic rings. The molecule has 4 rings (SSSR count). The number of hydrogen-bond donors (Lipinski definition) is 1. The third kappa shape index (κ3) is 3.77. The summed E-state index contributed by atoms with van der Waals surface area (Å²) < 4.78 is 7.28. The first kappa shape index (κ1) is 16.7. The van der Waals surface area contributed by atoms with E-state index < -0.39 is 5.91 Å². The van der Waals surface area contributed by atoms with Crippen LogP contribution in [0.25, 0.3) is 5.78 Å². The second-order valence-electron chi connectivity index (χ2n) is 5.99. The summed E-state index contributed by atoms with van der Waals surface area (Å²) in [5, 5.41) is 6.97. The first-order valence-electron chi connectivity index (χ1n) is 8.45. The molecule has 0 spiro atoms. The monoisotopic (exact) mass is 359 g/mol. The molecular weight excluding hydrogens is 342 g/mol. The number of hydrogen-bond acceptors (Lipinski definition) is 5. The predicted molar refractivity (Wildman–Crippen MR) is 101 cm³/mol. The predicted octanol–water partition coefficient (Wildman–Crippen LogP) is 3.26. The van der Waals surface area contributed by atoms with Gasteiger partial charge in [0.05, 0.1) is 0 Å². The zero-order valence-electron chi connectivity index (χ0n) is 14.7. The molecule has 7 heteroatoms. The van der Waals surface area contributed by atoms with Crippen molar-refractivity contribution < 1.29 is 9.53 Å². The van der Waals surface area contributed by atoms with Crippen molar-refractivity contribution in [3.05, 3.63) is 83.9 Å². The van der Waals surface area contributed by atoms with E-state index in [4.69, 9.17) is 4.74 Å². The molecule has 0 saturated heterocycles. The Morgan fingerprint density at radius 2 is 1.85 bits per heavy atom. The van der Waals surface area contributed by atoms with Crippen molar-refractivity contribution in [2.75, 3.05) is 5.32 Å². The quantitative estimate of drug-likeness (QED) is 0.591. The van der Waals surface area contributed by atoms with E-state index in [2.05, 4.69) is 20.4 Å². The standard InChI is InChI=1S/C20H17N5O2/c1-14-11-12-21-20-23-18(24-25(14)20)19(26)22-16-7-9-17(10-8-16)27-13-15-5-3-2-4-6-15/h2-12H,13H2,1H3,(H,22,26). The summed E-state index contributed by atoms with van der Waals surface area (Å²) in [6.07, 6.45) is 1.63. The lowest BCUT2D eigenvalue weighted by molar-refractivity contribution is 0.101. The number of amides is 1. The van der Waals surface area contributed by atoms with Gasteiger partial charge in [0, 0.05) is 17.6 Å². The minimum atomic E-state index is -0.391. The van der Waals surface area contributed by atoms with Gasteiger partial charge < -0.3 is 10.1 Å². The number of carbonyl (C=O) groups excluding carboxylic acids is 1. The minimum absolute atomic E-state index is 0.0706.